The summed E-state index contributed by atoms with van der Waals surface area (Å²) in [6.07, 6.45) is 0. The monoisotopic (exact) mass is 496 g/mol. The molecule has 0 saturated carbocycles. The first-order chi connectivity index (χ1) is 16.7. The molecule has 186 valence electrons. The molecule has 0 heterocycles. The van der Waals surface area contributed by atoms with Crippen molar-refractivity contribution in [2.75, 3.05) is 31.1 Å². The lowest BCUT2D eigenvalue weighted by atomic mass is 10.0. The molecule has 3 aromatic carbocycles. The van der Waals surface area contributed by atoms with Gasteiger partial charge in [0.2, 0.25) is 5.91 Å². The van der Waals surface area contributed by atoms with Gasteiger partial charge in [-0.05, 0) is 60.9 Å². The van der Waals surface area contributed by atoms with Crippen molar-refractivity contribution in [2.24, 2.45) is 0 Å². The molecule has 0 aliphatic carbocycles. The van der Waals surface area contributed by atoms with Gasteiger partial charge in [0.15, 0.2) is 0 Å². The van der Waals surface area contributed by atoms with Crippen LogP contribution in [0.15, 0.2) is 77.7 Å². The molecule has 3 aromatic rings. The highest BCUT2D eigenvalue weighted by Gasteiger charge is 2.27. The predicted molar refractivity (Wildman–Crippen MR) is 138 cm³/mol. The van der Waals surface area contributed by atoms with Gasteiger partial charge in [0.25, 0.3) is 10.0 Å². The number of nitrogens with one attached hydrogen (secondary N) is 1. The molecular weight excluding hydrogens is 464 g/mol. The number of amides is 1. The number of hydrogen-bond acceptors (Lipinski definition) is 5. The molecule has 1 N–H and O–H groups in total. The van der Waals surface area contributed by atoms with Crippen molar-refractivity contribution in [3.05, 3.63) is 83.9 Å². The van der Waals surface area contributed by atoms with Crippen LogP contribution in [0.5, 0.6) is 11.5 Å². The van der Waals surface area contributed by atoms with Gasteiger partial charge in [-0.25, -0.2) is 8.42 Å². The number of hydrogen-bond donors (Lipinski definition) is 1. The Balaban J connectivity index is 1.71. The number of para-hydroxylation sites is 1. The molecule has 0 radical (unpaired) electrons. The molecule has 0 atom stereocenters. The van der Waals surface area contributed by atoms with Crippen molar-refractivity contribution in [3.8, 4) is 11.5 Å². The van der Waals surface area contributed by atoms with Crippen LogP contribution in [0.3, 0.4) is 0 Å². The molecule has 0 fully saturated rings. The molecule has 8 heteroatoms. The Bertz CT molecular complexity index is 1220. The zero-order chi connectivity index (χ0) is 25.4. The van der Waals surface area contributed by atoms with E-state index in [2.05, 4.69) is 19.2 Å². The van der Waals surface area contributed by atoms with Gasteiger partial charge in [0, 0.05) is 0 Å². The number of carbonyl (C=O) groups excluding carboxylic acids is 1. The standard InChI is InChI=1S/C27H32N2O5S/c1-20(2)25-7-5-6-8-26(25)34-18-17-28-27(30)19-29(22-11-13-23(33-4)14-12-22)35(31,32)24-15-9-21(3)10-16-24/h5-16,20H,17-19H2,1-4H3,(H,28,30). The Morgan fingerprint density at radius 3 is 2.26 bits per heavy atom. The molecule has 1 amide bonds. The second-order valence-electron chi connectivity index (χ2n) is 8.41. The highest BCUT2D eigenvalue weighted by atomic mass is 32.2. The summed E-state index contributed by atoms with van der Waals surface area (Å²) in [5, 5.41) is 2.76. The molecule has 0 aliphatic rings. The van der Waals surface area contributed by atoms with Gasteiger partial charge < -0.3 is 14.8 Å². The molecule has 3 rings (SSSR count). The molecule has 0 spiro atoms. The van der Waals surface area contributed by atoms with Crippen LogP contribution in [0.25, 0.3) is 0 Å². The van der Waals surface area contributed by atoms with Crippen LogP contribution < -0.4 is 19.1 Å². The lowest BCUT2D eigenvalue weighted by molar-refractivity contribution is -0.119. The summed E-state index contributed by atoms with van der Waals surface area (Å²) >= 11 is 0. The summed E-state index contributed by atoms with van der Waals surface area (Å²) in [6.45, 7) is 6.20. The Hall–Kier alpha value is -3.52. The van der Waals surface area contributed by atoms with Crippen molar-refractivity contribution < 1.29 is 22.7 Å². The van der Waals surface area contributed by atoms with Gasteiger partial charge in [0.1, 0.15) is 24.7 Å². The summed E-state index contributed by atoms with van der Waals surface area (Å²) in [4.78, 5) is 12.9. The number of rotatable bonds is 11. The van der Waals surface area contributed by atoms with E-state index in [1.807, 2.05) is 31.2 Å². The number of carbonyl (C=O) groups is 1. The first-order valence-electron chi connectivity index (χ1n) is 11.4. The number of aryl methyl sites for hydroxylation is 1. The van der Waals surface area contributed by atoms with Gasteiger partial charge in [-0.15, -0.1) is 0 Å². The third kappa shape index (κ3) is 6.76. The fraction of sp³-hybridized carbons (Fsp3) is 0.296. The van der Waals surface area contributed by atoms with Gasteiger partial charge in [-0.2, -0.15) is 0 Å². The zero-order valence-electron chi connectivity index (χ0n) is 20.5. The van der Waals surface area contributed by atoms with Gasteiger partial charge >= 0.3 is 0 Å². The Morgan fingerprint density at radius 2 is 1.63 bits per heavy atom. The van der Waals surface area contributed by atoms with Crippen LogP contribution in [-0.2, 0) is 14.8 Å². The molecule has 0 bridgehead atoms. The van der Waals surface area contributed by atoms with E-state index in [0.29, 0.717) is 17.4 Å². The van der Waals surface area contributed by atoms with Crippen molar-refractivity contribution >= 4 is 21.6 Å². The quantitative estimate of drug-likeness (QED) is 0.395. The Kier molecular flexibility index (Phi) is 8.76. The van der Waals surface area contributed by atoms with Crippen molar-refractivity contribution in [3.63, 3.8) is 0 Å². The lowest BCUT2D eigenvalue weighted by Crippen LogP contribution is -2.41. The summed E-state index contributed by atoms with van der Waals surface area (Å²) in [5.41, 5.74) is 2.40. The predicted octanol–water partition coefficient (Wildman–Crippen LogP) is 4.52. The number of methoxy groups -OCH3 is 1. The van der Waals surface area contributed by atoms with Crippen LogP contribution in [0.2, 0.25) is 0 Å². The Morgan fingerprint density at radius 1 is 0.971 bits per heavy atom. The lowest BCUT2D eigenvalue weighted by Gasteiger charge is -2.24. The summed E-state index contributed by atoms with van der Waals surface area (Å²) in [7, 11) is -2.44. The zero-order valence-corrected chi connectivity index (χ0v) is 21.3. The average molecular weight is 497 g/mol. The second kappa shape index (κ2) is 11.8. The largest absolute Gasteiger partial charge is 0.497 e. The van der Waals surface area contributed by atoms with Crippen LogP contribution in [-0.4, -0.2) is 41.1 Å². The van der Waals surface area contributed by atoms with Crippen molar-refractivity contribution in [1.82, 2.24) is 5.32 Å². The van der Waals surface area contributed by atoms with Crippen molar-refractivity contribution in [2.45, 2.75) is 31.6 Å². The minimum atomic E-state index is -3.97. The van der Waals surface area contributed by atoms with E-state index in [9.17, 15) is 13.2 Å². The molecule has 0 aromatic heterocycles. The summed E-state index contributed by atoms with van der Waals surface area (Å²) in [6, 6.07) is 20.9. The van der Waals surface area contributed by atoms with E-state index in [-0.39, 0.29) is 24.6 Å². The fourth-order valence-electron chi connectivity index (χ4n) is 3.53. The van der Waals surface area contributed by atoms with E-state index in [1.165, 1.54) is 7.11 Å². The minimum Gasteiger partial charge on any atom is -0.497 e. The number of ether oxygens (including phenoxy) is 2. The molecule has 35 heavy (non-hydrogen) atoms. The molecule has 0 aliphatic heterocycles. The fourth-order valence-corrected chi connectivity index (χ4v) is 4.95. The maximum absolute atomic E-state index is 13.4. The molecule has 0 saturated heterocycles. The minimum absolute atomic E-state index is 0.111. The van der Waals surface area contributed by atoms with Crippen LogP contribution >= 0.6 is 0 Å². The SMILES string of the molecule is COc1ccc(N(CC(=O)NCCOc2ccccc2C(C)C)S(=O)(=O)c2ccc(C)cc2)cc1. The maximum Gasteiger partial charge on any atom is 0.264 e. The number of anilines is 1. The Labute approximate surface area is 207 Å². The topological polar surface area (TPSA) is 84.9 Å². The van der Waals surface area contributed by atoms with Crippen LogP contribution in [0.1, 0.15) is 30.9 Å². The highest BCUT2D eigenvalue weighted by molar-refractivity contribution is 7.92. The summed E-state index contributed by atoms with van der Waals surface area (Å²) in [5.74, 6) is 1.24. The number of benzene rings is 3. The highest BCUT2D eigenvalue weighted by Crippen LogP contribution is 2.27. The van der Waals surface area contributed by atoms with Crippen molar-refractivity contribution in [1.29, 1.82) is 0 Å². The van der Waals surface area contributed by atoms with E-state index in [4.69, 9.17) is 9.47 Å². The second-order valence-corrected chi connectivity index (χ2v) is 10.3. The smallest absolute Gasteiger partial charge is 0.264 e. The average Bonchev–Trinajstić information content (AvgIpc) is 2.85. The van der Waals surface area contributed by atoms with Crippen LogP contribution in [0.4, 0.5) is 5.69 Å². The van der Waals surface area contributed by atoms with E-state index >= 15 is 0 Å². The third-order valence-electron chi connectivity index (χ3n) is 5.48. The van der Waals surface area contributed by atoms with Gasteiger partial charge in [-0.1, -0.05) is 49.7 Å². The van der Waals surface area contributed by atoms with E-state index in [1.54, 1.807) is 48.5 Å². The van der Waals surface area contributed by atoms with E-state index < -0.39 is 15.9 Å². The molecule has 7 nitrogen and oxygen atoms in total. The van der Waals surface area contributed by atoms with E-state index in [0.717, 1.165) is 21.2 Å². The molecule has 0 unspecified atom stereocenters. The first-order valence-corrected chi connectivity index (χ1v) is 12.9. The maximum atomic E-state index is 13.4. The number of sulfonamides is 1. The normalized spacial score (nSPS) is 11.2. The first kappa shape index (κ1) is 26.1. The van der Waals surface area contributed by atoms with Gasteiger partial charge in [0.05, 0.1) is 24.2 Å². The molecular formula is C27H32N2O5S. The number of nitrogens with zero attached hydrogens (tertiary/aromatic N) is 1. The van der Waals surface area contributed by atoms with Gasteiger partial charge in [-0.3, -0.25) is 9.10 Å². The third-order valence-corrected chi connectivity index (χ3v) is 7.27. The van der Waals surface area contributed by atoms with Crippen LogP contribution in [0, 0.1) is 6.92 Å². The summed E-state index contributed by atoms with van der Waals surface area (Å²) < 4.78 is 39.0.